The molecule has 0 aliphatic carbocycles. The van der Waals surface area contributed by atoms with Gasteiger partial charge in [0.25, 0.3) is 11.2 Å². The largest absolute Gasteiger partial charge is 0.487 e. The number of carbonyl (C=O) groups excluding carboxylic acids is 1. The van der Waals surface area contributed by atoms with Crippen LogP contribution >= 0.6 is 43.2 Å². The first-order chi connectivity index (χ1) is 20.6. The van der Waals surface area contributed by atoms with E-state index in [1.54, 1.807) is 44.2 Å². The molecular weight excluding hydrogens is 709 g/mol. The molecule has 0 N–H and O–H groups in total. The van der Waals surface area contributed by atoms with Crippen LogP contribution in [0.1, 0.15) is 36.6 Å². The molecule has 0 saturated carbocycles. The van der Waals surface area contributed by atoms with Crippen molar-refractivity contribution in [3.63, 3.8) is 0 Å². The molecule has 0 bridgehead atoms. The molecule has 1 aliphatic heterocycles. The van der Waals surface area contributed by atoms with Crippen LogP contribution in [0.15, 0.2) is 90.7 Å². The fraction of sp³-hybridized carbons (Fsp3) is 0.167. The Labute approximate surface area is 265 Å². The Balaban J connectivity index is 1.60. The minimum absolute atomic E-state index is 0.0232. The van der Waals surface area contributed by atoms with Crippen LogP contribution in [0.25, 0.3) is 6.08 Å². The first kappa shape index (κ1) is 30.5. The highest BCUT2D eigenvalue weighted by atomic mass is 79.9. The van der Waals surface area contributed by atoms with Gasteiger partial charge in [-0.3, -0.25) is 19.5 Å². The predicted molar refractivity (Wildman–Crippen MR) is 166 cm³/mol. The summed E-state index contributed by atoms with van der Waals surface area (Å²) in [6, 6.07) is 14.4. The number of allylic oxidation sites excluding steroid dienone is 1. The van der Waals surface area contributed by atoms with Crippen molar-refractivity contribution >= 4 is 60.9 Å². The first-order valence-electron chi connectivity index (χ1n) is 12.9. The van der Waals surface area contributed by atoms with E-state index in [-0.39, 0.29) is 24.5 Å². The van der Waals surface area contributed by atoms with Gasteiger partial charge in [-0.2, -0.15) is 0 Å². The Hall–Kier alpha value is -3.94. The Morgan fingerprint density at radius 1 is 1.16 bits per heavy atom. The van der Waals surface area contributed by atoms with Crippen LogP contribution in [0.3, 0.4) is 0 Å². The van der Waals surface area contributed by atoms with Crippen molar-refractivity contribution in [1.82, 2.24) is 4.57 Å². The van der Waals surface area contributed by atoms with Crippen molar-refractivity contribution in [2.24, 2.45) is 4.99 Å². The lowest BCUT2D eigenvalue weighted by molar-refractivity contribution is -0.384. The van der Waals surface area contributed by atoms with Gasteiger partial charge in [0.05, 0.1) is 37.8 Å². The summed E-state index contributed by atoms with van der Waals surface area (Å²) >= 11 is 8.17. The first-order valence-corrected chi connectivity index (χ1v) is 15.3. The van der Waals surface area contributed by atoms with Gasteiger partial charge in [0.2, 0.25) is 0 Å². The Morgan fingerprint density at radius 2 is 1.86 bits per heavy atom. The van der Waals surface area contributed by atoms with Crippen molar-refractivity contribution in [2.45, 2.75) is 26.5 Å². The second-order valence-corrected chi connectivity index (χ2v) is 12.2. The van der Waals surface area contributed by atoms with Gasteiger partial charge in [0.15, 0.2) is 4.80 Å². The van der Waals surface area contributed by atoms with Gasteiger partial charge >= 0.3 is 5.97 Å². The molecule has 9 nitrogen and oxygen atoms in total. The van der Waals surface area contributed by atoms with Gasteiger partial charge in [-0.05, 0) is 83.4 Å². The molecule has 43 heavy (non-hydrogen) atoms. The molecular formula is C30H22Br2FN3O6S. The number of non-ortho nitro benzene ring substituents is 1. The summed E-state index contributed by atoms with van der Waals surface area (Å²) in [5.74, 6) is -0.605. The van der Waals surface area contributed by atoms with Crippen LogP contribution in [0.2, 0.25) is 0 Å². The van der Waals surface area contributed by atoms with E-state index in [1.165, 1.54) is 41.0 Å². The minimum Gasteiger partial charge on any atom is -0.487 e. The zero-order valence-corrected chi connectivity index (χ0v) is 26.7. The smallest absolute Gasteiger partial charge is 0.338 e. The van der Waals surface area contributed by atoms with E-state index in [4.69, 9.17) is 9.47 Å². The molecule has 1 aliphatic rings. The average molecular weight is 731 g/mol. The Kier molecular flexibility index (Phi) is 9.04. The highest BCUT2D eigenvalue weighted by molar-refractivity contribution is 9.11. The third-order valence-corrected chi connectivity index (χ3v) is 8.59. The van der Waals surface area contributed by atoms with E-state index in [0.29, 0.717) is 41.9 Å². The number of halogens is 3. The quantitative estimate of drug-likeness (QED) is 0.126. The number of nitro benzene ring substituents is 1. The van der Waals surface area contributed by atoms with Crippen LogP contribution in [-0.2, 0) is 16.1 Å². The molecule has 5 rings (SSSR count). The van der Waals surface area contributed by atoms with Gasteiger partial charge in [-0.25, -0.2) is 14.2 Å². The monoisotopic (exact) mass is 729 g/mol. The molecule has 4 aromatic rings. The SMILES string of the molecule is CCOC(=O)C1=C(C)N=c2s/c(=C\c3cc(Br)cc(Br)c3OCc3ccc([N+](=O)[O-])cc3)c(=O)n2[C@@H]1c1ccc(F)cc1. The summed E-state index contributed by atoms with van der Waals surface area (Å²) in [5, 5.41) is 11.0. The normalized spacial score (nSPS) is 14.7. The van der Waals surface area contributed by atoms with Crippen molar-refractivity contribution in [2.75, 3.05) is 6.61 Å². The van der Waals surface area contributed by atoms with E-state index >= 15 is 0 Å². The molecule has 2 heterocycles. The maximum Gasteiger partial charge on any atom is 0.338 e. The summed E-state index contributed by atoms with van der Waals surface area (Å²) in [7, 11) is 0. The number of hydrogen-bond acceptors (Lipinski definition) is 8. The molecule has 220 valence electrons. The van der Waals surface area contributed by atoms with Crippen molar-refractivity contribution in [3.8, 4) is 5.75 Å². The third-order valence-electron chi connectivity index (χ3n) is 6.56. The van der Waals surface area contributed by atoms with Crippen LogP contribution in [0.4, 0.5) is 10.1 Å². The van der Waals surface area contributed by atoms with Crippen LogP contribution < -0.4 is 19.6 Å². The lowest BCUT2D eigenvalue weighted by Gasteiger charge is -2.24. The van der Waals surface area contributed by atoms with Crippen molar-refractivity contribution in [1.29, 1.82) is 0 Å². The fourth-order valence-electron chi connectivity index (χ4n) is 4.60. The number of nitrogens with zero attached hydrogens (tertiary/aromatic N) is 3. The van der Waals surface area contributed by atoms with Crippen molar-refractivity contribution < 1.29 is 23.6 Å². The lowest BCUT2D eigenvalue weighted by Crippen LogP contribution is -2.39. The summed E-state index contributed by atoms with van der Waals surface area (Å²) in [5.41, 5.74) is 2.00. The number of aromatic nitrogens is 1. The van der Waals surface area contributed by atoms with E-state index in [9.17, 15) is 24.1 Å². The maximum absolute atomic E-state index is 14.0. The number of carbonyl (C=O) groups is 1. The molecule has 13 heteroatoms. The fourth-order valence-corrected chi connectivity index (χ4v) is 7.01. The predicted octanol–water partition coefficient (Wildman–Crippen LogP) is 5.95. The molecule has 3 aromatic carbocycles. The molecule has 0 spiro atoms. The highest BCUT2D eigenvalue weighted by Gasteiger charge is 2.33. The Morgan fingerprint density at radius 3 is 2.51 bits per heavy atom. The third kappa shape index (κ3) is 6.38. The summed E-state index contributed by atoms with van der Waals surface area (Å²) in [4.78, 5) is 42.5. The van der Waals surface area contributed by atoms with Gasteiger partial charge in [0.1, 0.15) is 18.2 Å². The standard InChI is InChI=1S/C30H22Br2FN3O6S/c1-3-41-29(38)25-16(2)34-30-35(26(25)18-6-8-21(33)9-7-18)28(37)24(43-30)13-19-12-20(31)14-23(32)27(19)42-15-17-4-10-22(11-5-17)36(39)40/h4-14,26H,3,15H2,1-2H3/b24-13-/t26-/m1/s1. The van der Waals surface area contributed by atoms with E-state index < -0.39 is 28.3 Å². The number of ether oxygens (including phenoxy) is 2. The second kappa shape index (κ2) is 12.7. The zero-order chi connectivity index (χ0) is 30.8. The average Bonchev–Trinajstić information content (AvgIpc) is 3.26. The van der Waals surface area contributed by atoms with E-state index in [2.05, 4.69) is 36.9 Å². The highest BCUT2D eigenvalue weighted by Crippen LogP contribution is 2.35. The van der Waals surface area contributed by atoms with Crippen LogP contribution in [-0.4, -0.2) is 22.1 Å². The van der Waals surface area contributed by atoms with Gasteiger partial charge in [0, 0.05) is 22.2 Å². The van der Waals surface area contributed by atoms with Gasteiger partial charge in [-0.1, -0.05) is 39.4 Å². The molecule has 0 unspecified atom stereocenters. The second-order valence-electron chi connectivity index (χ2n) is 9.37. The van der Waals surface area contributed by atoms with E-state index in [1.807, 2.05) is 0 Å². The maximum atomic E-state index is 14.0. The number of esters is 1. The molecule has 0 saturated heterocycles. The molecule has 0 amide bonds. The van der Waals surface area contributed by atoms with Gasteiger partial charge < -0.3 is 9.47 Å². The van der Waals surface area contributed by atoms with Gasteiger partial charge in [-0.15, -0.1) is 0 Å². The lowest BCUT2D eigenvalue weighted by atomic mass is 9.96. The van der Waals surface area contributed by atoms with Crippen LogP contribution in [0.5, 0.6) is 5.75 Å². The number of hydrogen-bond donors (Lipinski definition) is 0. The molecule has 0 radical (unpaired) electrons. The zero-order valence-electron chi connectivity index (χ0n) is 22.7. The van der Waals surface area contributed by atoms with Crippen LogP contribution in [0, 0.1) is 15.9 Å². The number of rotatable bonds is 8. The summed E-state index contributed by atoms with van der Waals surface area (Å²) < 4.78 is 28.3. The molecule has 1 aromatic heterocycles. The summed E-state index contributed by atoms with van der Waals surface area (Å²) in [6.07, 6.45) is 1.68. The summed E-state index contributed by atoms with van der Waals surface area (Å²) in [6.45, 7) is 3.62. The minimum atomic E-state index is -0.870. The number of benzene rings is 3. The number of nitro groups is 1. The number of fused-ring (bicyclic) bond motifs is 1. The topological polar surface area (TPSA) is 113 Å². The molecule has 0 fully saturated rings. The Bertz CT molecular complexity index is 1950. The molecule has 1 atom stereocenters. The number of thiazole rings is 1. The van der Waals surface area contributed by atoms with E-state index in [0.717, 1.165) is 15.8 Å². The van der Waals surface area contributed by atoms with Crippen molar-refractivity contribution in [3.05, 3.63) is 133 Å².